The number of alkyl halides is 3. The first-order chi connectivity index (χ1) is 2.56. The molecule has 0 aromatic rings. The first-order valence-electron chi connectivity index (χ1n) is 0.973. The van der Waals surface area contributed by atoms with Crippen molar-refractivity contribution >= 4 is 23.2 Å². The Kier molecular flexibility index (Phi) is 1.74. The predicted molar refractivity (Wildman–Crippen MR) is 21.3 cm³/mol. The predicted octanol–water partition coefficient (Wildman–Crippen LogP) is 1.81. The molecule has 0 radical (unpaired) electrons. The summed E-state index contributed by atoms with van der Waals surface area (Å²) in [6.07, 6.45) is 0. The van der Waals surface area contributed by atoms with Gasteiger partial charge in [0.1, 0.15) is 0 Å². The zero-order chi connectivity index (χ0) is 5.21. The lowest BCUT2D eigenvalue weighted by Gasteiger charge is -1.89. The third-order valence-electron chi connectivity index (χ3n) is 0.104. The van der Waals surface area contributed by atoms with E-state index in [-0.39, 0.29) is 0 Å². The summed E-state index contributed by atoms with van der Waals surface area (Å²) in [4.78, 5) is 8.94. The quantitative estimate of drug-likeness (QED) is 0.304. The van der Waals surface area contributed by atoms with E-state index in [1.807, 2.05) is 0 Å². The van der Waals surface area contributed by atoms with E-state index in [0.717, 1.165) is 0 Å². The van der Waals surface area contributed by atoms with Crippen molar-refractivity contribution < 1.29 is 4.39 Å². The Bertz CT molecular complexity index is 59.1. The Morgan fingerprint density at radius 3 is 1.83 bits per heavy atom. The van der Waals surface area contributed by atoms with Crippen molar-refractivity contribution in [1.29, 1.82) is 0 Å². The molecule has 0 fully saturated rings. The third-order valence-corrected chi connectivity index (χ3v) is 0.242. The zero-order valence-electron chi connectivity index (χ0n) is 2.49. The van der Waals surface area contributed by atoms with E-state index in [0.29, 0.717) is 0 Å². The van der Waals surface area contributed by atoms with E-state index in [9.17, 15) is 4.39 Å². The largest absolute Gasteiger partial charge is 0.389 e. The van der Waals surface area contributed by atoms with Crippen LogP contribution in [0.3, 0.4) is 0 Å². The Morgan fingerprint density at radius 2 is 1.83 bits per heavy atom. The Hall–Kier alpha value is 0.110. The summed E-state index contributed by atoms with van der Waals surface area (Å²) >= 11 is 8.67. The topological polar surface area (TPSA) is 29.4 Å². The zero-order valence-corrected chi connectivity index (χ0v) is 4.00. The molecular weight excluding hydrogens is 132 g/mol. The highest BCUT2D eigenvalue weighted by atomic mass is 35.5. The van der Waals surface area contributed by atoms with Crippen molar-refractivity contribution in [3.8, 4) is 0 Å². The lowest BCUT2D eigenvalue weighted by atomic mass is 11.4. The highest BCUT2D eigenvalue weighted by molar-refractivity contribution is 6.46. The van der Waals surface area contributed by atoms with Gasteiger partial charge < -0.3 is 0 Å². The molecule has 0 N–H and O–H groups in total. The number of rotatable bonds is 1. The smallest absolute Gasteiger partial charge is 0.178 e. The molecular formula is CCl2FNO. The molecule has 0 rings (SSSR count). The van der Waals surface area contributed by atoms with Gasteiger partial charge in [0.05, 0.1) is 0 Å². The van der Waals surface area contributed by atoms with Crippen LogP contribution in [0.5, 0.6) is 0 Å². The van der Waals surface area contributed by atoms with E-state index >= 15 is 0 Å². The van der Waals surface area contributed by atoms with Gasteiger partial charge in [0.15, 0.2) is 0 Å². The highest BCUT2D eigenvalue weighted by Gasteiger charge is 2.21. The maximum atomic E-state index is 11.2. The van der Waals surface area contributed by atoms with Crippen molar-refractivity contribution in [1.82, 2.24) is 0 Å². The second-order valence-corrected chi connectivity index (χ2v) is 1.75. The molecule has 0 saturated heterocycles. The van der Waals surface area contributed by atoms with Crippen LogP contribution < -0.4 is 0 Å². The molecule has 0 aromatic carbocycles. The average molecular weight is 132 g/mol. The van der Waals surface area contributed by atoms with Crippen LogP contribution in [0.4, 0.5) is 4.39 Å². The van der Waals surface area contributed by atoms with Crippen molar-refractivity contribution in [2.45, 2.75) is 4.71 Å². The maximum absolute atomic E-state index is 11.2. The fourth-order valence-corrected chi connectivity index (χ4v) is 0. The standard InChI is InChI=1S/CCl2FNO/c2-1(3,4)5-6. The first-order valence-corrected chi connectivity index (χ1v) is 1.73. The maximum Gasteiger partial charge on any atom is 0.389 e. The third kappa shape index (κ3) is 4.11. The van der Waals surface area contributed by atoms with Crippen LogP contribution >= 0.6 is 23.2 Å². The summed E-state index contributed by atoms with van der Waals surface area (Å²) in [7, 11) is 0. The first kappa shape index (κ1) is 6.11. The van der Waals surface area contributed by atoms with Crippen molar-refractivity contribution in [3.63, 3.8) is 0 Å². The van der Waals surface area contributed by atoms with Crippen molar-refractivity contribution in [2.24, 2.45) is 5.18 Å². The van der Waals surface area contributed by atoms with Gasteiger partial charge in [0.25, 0.3) is 0 Å². The van der Waals surface area contributed by atoms with Gasteiger partial charge in [-0.05, 0) is 23.2 Å². The minimum Gasteiger partial charge on any atom is -0.178 e. The molecule has 5 heteroatoms. The van der Waals surface area contributed by atoms with Crippen molar-refractivity contribution in [2.75, 3.05) is 0 Å². The number of halogens is 3. The monoisotopic (exact) mass is 131 g/mol. The molecule has 0 heterocycles. The summed E-state index contributed by atoms with van der Waals surface area (Å²) in [5, 5.41) is 1.64. The molecule has 0 aliphatic carbocycles. The van der Waals surface area contributed by atoms with E-state index in [2.05, 4.69) is 23.2 Å². The molecule has 0 aliphatic heterocycles. The van der Waals surface area contributed by atoms with Gasteiger partial charge in [-0.1, -0.05) is 0 Å². The molecule has 0 spiro atoms. The van der Waals surface area contributed by atoms with Crippen LogP contribution in [0.2, 0.25) is 0 Å². The summed E-state index contributed by atoms with van der Waals surface area (Å²) in [5.41, 5.74) is 0. The summed E-state index contributed by atoms with van der Waals surface area (Å²) in [6.45, 7) is 0. The second kappa shape index (κ2) is 1.71. The normalized spacial score (nSPS) is 11.2. The fraction of sp³-hybridized carbons (Fsp3) is 1.00. The molecule has 36 valence electrons. The van der Waals surface area contributed by atoms with Gasteiger partial charge in [-0.2, -0.15) is 4.39 Å². The van der Waals surface area contributed by atoms with Gasteiger partial charge in [-0.25, -0.2) is 0 Å². The number of nitroso groups, excluding NO2 is 1. The molecule has 0 unspecified atom stereocenters. The van der Waals surface area contributed by atoms with Crippen LogP contribution in [-0.4, -0.2) is 4.71 Å². The molecule has 2 nitrogen and oxygen atoms in total. The summed E-state index contributed by atoms with van der Waals surface area (Å²) < 4.78 is 8.23. The minimum absolute atomic E-state index is 1.64. The van der Waals surface area contributed by atoms with Gasteiger partial charge in [0.2, 0.25) is 0 Å². The van der Waals surface area contributed by atoms with Crippen LogP contribution in [0.1, 0.15) is 0 Å². The van der Waals surface area contributed by atoms with Gasteiger partial charge >= 0.3 is 4.71 Å². The van der Waals surface area contributed by atoms with E-state index in [1.165, 1.54) is 0 Å². The molecule has 0 aromatic heterocycles. The fourth-order valence-electron chi connectivity index (χ4n) is 0. The Labute approximate surface area is 43.2 Å². The van der Waals surface area contributed by atoms with Gasteiger partial charge in [-0.15, -0.1) is 4.91 Å². The molecule has 0 amide bonds. The SMILES string of the molecule is O=NC(F)(Cl)Cl. The average Bonchev–Trinajstić information content (AvgIpc) is 1.35. The van der Waals surface area contributed by atoms with Crippen molar-refractivity contribution in [3.05, 3.63) is 4.91 Å². The molecule has 0 saturated carbocycles. The van der Waals surface area contributed by atoms with Crippen LogP contribution in [-0.2, 0) is 0 Å². The molecule has 0 atom stereocenters. The molecule has 0 bridgehead atoms. The van der Waals surface area contributed by atoms with E-state index < -0.39 is 4.71 Å². The molecule has 6 heavy (non-hydrogen) atoms. The van der Waals surface area contributed by atoms with Gasteiger partial charge in [-0.3, -0.25) is 0 Å². The lowest BCUT2D eigenvalue weighted by Crippen LogP contribution is -1.93. The summed E-state index contributed by atoms with van der Waals surface area (Å²) in [6, 6.07) is 0. The summed E-state index contributed by atoms with van der Waals surface area (Å²) in [5.74, 6) is 0. The number of hydrogen-bond acceptors (Lipinski definition) is 2. The Balaban J connectivity index is 3.45. The van der Waals surface area contributed by atoms with E-state index in [1.54, 1.807) is 5.18 Å². The van der Waals surface area contributed by atoms with Crippen LogP contribution in [0.25, 0.3) is 0 Å². The lowest BCUT2D eigenvalue weighted by molar-refractivity contribution is 0.405. The van der Waals surface area contributed by atoms with Crippen LogP contribution in [0.15, 0.2) is 5.18 Å². The van der Waals surface area contributed by atoms with E-state index in [4.69, 9.17) is 4.91 Å². The number of nitrogens with zero attached hydrogens (tertiary/aromatic N) is 1. The van der Waals surface area contributed by atoms with Gasteiger partial charge in [0, 0.05) is 5.18 Å². The van der Waals surface area contributed by atoms with Crippen LogP contribution in [0, 0.1) is 4.91 Å². The number of hydrogen-bond donors (Lipinski definition) is 0. The minimum atomic E-state index is -2.94. The molecule has 0 aliphatic rings. The highest BCUT2D eigenvalue weighted by Crippen LogP contribution is 2.22. The second-order valence-electron chi connectivity index (χ2n) is 0.559. The Morgan fingerprint density at radius 1 is 1.67 bits per heavy atom.